The molecule has 2 saturated heterocycles. The van der Waals surface area contributed by atoms with E-state index in [2.05, 4.69) is 0 Å². The Hall–Kier alpha value is -0.680. The average molecular weight is 315 g/mol. The summed E-state index contributed by atoms with van der Waals surface area (Å²) in [5, 5.41) is 10.9. The Kier molecular flexibility index (Phi) is 4.50. The van der Waals surface area contributed by atoms with Crippen LogP contribution in [0.15, 0.2) is 18.2 Å². The summed E-state index contributed by atoms with van der Waals surface area (Å²) < 4.78 is 25.1. The van der Waals surface area contributed by atoms with E-state index in [1.54, 1.807) is 12.1 Å². The summed E-state index contributed by atoms with van der Waals surface area (Å²) in [6.45, 7) is 1.93. The van der Waals surface area contributed by atoms with Crippen molar-refractivity contribution < 1.29 is 19.0 Å². The second kappa shape index (κ2) is 6.21. The Morgan fingerprint density at radius 2 is 2.29 bits per heavy atom. The zero-order valence-corrected chi connectivity index (χ0v) is 12.6. The third-order valence-electron chi connectivity index (χ3n) is 4.62. The quantitative estimate of drug-likeness (QED) is 0.932. The number of halogens is 2. The molecule has 0 saturated carbocycles. The highest BCUT2D eigenvalue weighted by molar-refractivity contribution is 6.31. The second-order valence-electron chi connectivity index (χ2n) is 6.06. The molecule has 0 radical (unpaired) electrons. The fourth-order valence-corrected chi connectivity index (χ4v) is 3.60. The number of aliphatic hydroxyl groups excluding tert-OH is 1. The minimum atomic E-state index is -0.610. The lowest BCUT2D eigenvalue weighted by Gasteiger charge is -2.39. The van der Waals surface area contributed by atoms with Crippen molar-refractivity contribution in [3.05, 3.63) is 34.6 Å². The van der Waals surface area contributed by atoms with Gasteiger partial charge in [0.25, 0.3) is 0 Å². The monoisotopic (exact) mass is 314 g/mol. The van der Waals surface area contributed by atoms with Crippen LogP contribution in [0.25, 0.3) is 0 Å². The Morgan fingerprint density at radius 3 is 3.00 bits per heavy atom. The predicted molar refractivity (Wildman–Crippen MR) is 78.0 cm³/mol. The number of ether oxygens (including phenoxy) is 2. The maximum Gasteiger partial charge on any atom is 0.127 e. The van der Waals surface area contributed by atoms with Crippen LogP contribution < -0.4 is 0 Å². The van der Waals surface area contributed by atoms with Crippen LogP contribution in [0.1, 0.15) is 24.8 Å². The summed E-state index contributed by atoms with van der Waals surface area (Å²) in [4.78, 5) is 0. The van der Waals surface area contributed by atoms with Gasteiger partial charge in [0, 0.05) is 36.6 Å². The number of benzene rings is 1. The maximum atomic E-state index is 13.8. The number of hydrogen-bond donors (Lipinski definition) is 1. The molecule has 2 fully saturated rings. The highest BCUT2D eigenvalue weighted by Crippen LogP contribution is 2.38. The molecule has 3 atom stereocenters. The summed E-state index contributed by atoms with van der Waals surface area (Å²) in [6.07, 6.45) is 2.06. The molecule has 3 nitrogen and oxygen atoms in total. The molecule has 1 spiro atoms. The van der Waals surface area contributed by atoms with Gasteiger partial charge in [-0.25, -0.2) is 4.39 Å². The molecular formula is C16H20ClFO3. The molecule has 2 heterocycles. The second-order valence-corrected chi connectivity index (χ2v) is 6.47. The van der Waals surface area contributed by atoms with E-state index in [9.17, 15) is 9.50 Å². The van der Waals surface area contributed by atoms with Gasteiger partial charge in [-0.15, -0.1) is 0 Å². The predicted octanol–water partition coefficient (Wildman–Crippen LogP) is 2.97. The van der Waals surface area contributed by atoms with Gasteiger partial charge in [-0.05, 0) is 30.9 Å². The van der Waals surface area contributed by atoms with E-state index in [-0.39, 0.29) is 23.8 Å². The van der Waals surface area contributed by atoms with E-state index >= 15 is 0 Å². The van der Waals surface area contributed by atoms with E-state index in [0.29, 0.717) is 30.4 Å². The molecule has 0 bridgehead atoms. The lowest BCUT2D eigenvalue weighted by molar-refractivity contribution is -0.116. The molecule has 0 aromatic heterocycles. The first kappa shape index (κ1) is 15.2. The van der Waals surface area contributed by atoms with Crippen molar-refractivity contribution in [2.45, 2.75) is 37.4 Å². The molecule has 21 heavy (non-hydrogen) atoms. The normalized spacial score (nSPS) is 30.7. The molecule has 1 aromatic rings. The highest BCUT2D eigenvalue weighted by Gasteiger charge is 2.42. The molecule has 0 amide bonds. The molecule has 3 unspecified atom stereocenters. The van der Waals surface area contributed by atoms with Gasteiger partial charge in [0.1, 0.15) is 5.82 Å². The molecule has 0 aliphatic carbocycles. The minimum absolute atomic E-state index is 0.0936. The van der Waals surface area contributed by atoms with Crippen LogP contribution in [0.2, 0.25) is 5.02 Å². The largest absolute Gasteiger partial charge is 0.392 e. The number of rotatable bonds is 3. The maximum absolute atomic E-state index is 13.8. The van der Waals surface area contributed by atoms with Crippen molar-refractivity contribution in [1.82, 2.24) is 0 Å². The summed E-state index contributed by atoms with van der Waals surface area (Å²) in [5.74, 6) is -0.261. The molecule has 2 aliphatic rings. The van der Waals surface area contributed by atoms with E-state index in [4.69, 9.17) is 21.1 Å². The van der Waals surface area contributed by atoms with E-state index in [1.807, 2.05) is 0 Å². The standard InChI is InChI=1S/C16H20ClFO3/c17-13-2-1-3-14(18)12(13)8-15(19)11-4-6-21-16(9-11)5-7-20-10-16/h1-3,11,15,19H,4-10H2. The van der Waals surface area contributed by atoms with Crippen molar-refractivity contribution in [3.8, 4) is 0 Å². The SMILES string of the molecule is OC(Cc1c(F)cccc1Cl)C1CCOC2(CCOC2)C1. The highest BCUT2D eigenvalue weighted by atomic mass is 35.5. The first-order chi connectivity index (χ1) is 10.1. The van der Waals surface area contributed by atoms with Gasteiger partial charge in [0.2, 0.25) is 0 Å². The molecule has 116 valence electrons. The average Bonchev–Trinajstić information content (AvgIpc) is 2.91. The Bertz CT molecular complexity index is 482. The number of hydrogen-bond acceptors (Lipinski definition) is 3. The fourth-order valence-electron chi connectivity index (χ4n) is 3.36. The van der Waals surface area contributed by atoms with Gasteiger partial charge in [0.05, 0.1) is 18.3 Å². The van der Waals surface area contributed by atoms with Gasteiger partial charge in [-0.3, -0.25) is 0 Å². The topological polar surface area (TPSA) is 38.7 Å². The van der Waals surface area contributed by atoms with Gasteiger partial charge in [0.15, 0.2) is 0 Å². The lowest BCUT2D eigenvalue weighted by atomic mass is 9.80. The van der Waals surface area contributed by atoms with Crippen LogP contribution in [0.4, 0.5) is 4.39 Å². The zero-order valence-electron chi connectivity index (χ0n) is 11.9. The molecule has 1 N–H and O–H groups in total. The Labute approximate surface area is 129 Å². The first-order valence-corrected chi connectivity index (χ1v) is 7.80. The van der Waals surface area contributed by atoms with Crippen molar-refractivity contribution in [1.29, 1.82) is 0 Å². The van der Waals surface area contributed by atoms with Crippen LogP contribution in [-0.2, 0) is 15.9 Å². The summed E-state index contributed by atoms with van der Waals surface area (Å²) in [7, 11) is 0. The van der Waals surface area contributed by atoms with Crippen LogP contribution >= 0.6 is 11.6 Å². The van der Waals surface area contributed by atoms with Crippen molar-refractivity contribution in [2.75, 3.05) is 19.8 Å². The fraction of sp³-hybridized carbons (Fsp3) is 0.625. The third-order valence-corrected chi connectivity index (χ3v) is 4.97. The van der Waals surface area contributed by atoms with Crippen molar-refractivity contribution in [2.24, 2.45) is 5.92 Å². The smallest absolute Gasteiger partial charge is 0.127 e. The Morgan fingerprint density at radius 1 is 1.43 bits per heavy atom. The number of aliphatic hydroxyl groups is 1. The van der Waals surface area contributed by atoms with Crippen LogP contribution in [-0.4, -0.2) is 36.6 Å². The van der Waals surface area contributed by atoms with Gasteiger partial charge < -0.3 is 14.6 Å². The van der Waals surface area contributed by atoms with E-state index in [1.165, 1.54) is 6.07 Å². The molecule has 5 heteroatoms. The Balaban J connectivity index is 1.69. The van der Waals surface area contributed by atoms with E-state index < -0.39 is 6.10 Å². The molecular weight excluding hydrogens is 295 g/mol. The van der Waals surface area contributed by atoms with Gasteiger partial charge >= 0.3 is 0 Å². The molecule has 2 aliphatic heterocycles. The molecule has 1 aromatic carbocycles. The minimum Gasteiger partial charge on any atom is -0.392 e. The molecule has 3 rings (SSSR count). The van der Waals surface area contributed by atoms with Crippen molar-refractivity contribution in [3.63, 3.8) is 0 Å². The van der Waals surface area contributed by atoms with E-state index in [0.717, 1.165) is 19.3 Å². The van der Waals surface area contributed by atoms with Crippen molar-refractivity contribution >= 4 is 11.6 Å². The van der Waals surface area contributed by atoms with Crippen LogP contribution in [0.3, 0.4) is 0 Å². The van der Waals surface area contributed by atoms with Crippen LogP contribution in [0.5, 0.6) is 0 Å². The van der Waals surface area contributed by atoms with Crippen LogP contribution in [0, 0.1) is 11.7 Å². The lowest BCUT2D eigenvalue weighted by Crippen LogP contribution is -2.44. The summed E-state index contributed by atoms with van der Waals surface area (Å²) >= 11 is 6.04. The summed E-state index contributed by atoms with van der Waals surface area (Å²) in [5.41, 5.74) is 0.151. The summed E-state index contributed by atoms with van der Waals surface area (Å²) in [6, 6.07) is 4.61. The zero-order chi connectivity index (χ0) is 14.9. The van der Waals surface area contributed by atoms with Gasteiger partial charge in [-0.2, -0.15) is 0 Å². The van der Waals surface area contributed by atoms with Gasteiger partial charge in [-0.1, -0.05) is 17.7 Å². The first-order valence-electron chi connectivity index (χ1n) is 7.42. The third kappa shape index (κ3) is 3.24.